The normalized spacial score (nSPS) is 11.8. The van der Waals surface area contributed by atoms with Crippen molar-refractivity contribution in [3.05, 3.63) is 88.8 Å². The number of fused-ring (bicyclic) bond motifs is 1. The zero-order chi connectivity index (χ0) is 33.2. The third kappa shape index (κ3) is 7.53. The lowest BCUT2D eigenvalue weighted by atomic mass is 10.2. The molecule has 9 nitrogen and oxygen atoms in total. The van der Waals surface area contributed by atoms with Gasteiger partial charge in [-0.1, -0.05) is 30.3 Å². The van der Waals surface area contributed by atoms with Gasteiger partial charge in [0.1, 0.15) is 35.3 Å². The number of aromatic nitrogens is 4. The summed E-state index contributed by atoms with van der Waals surface area (Å²) in [6, 6.07) is 13.9. The molecule has 0 bridgehead atoms. The molecule has 1 amide bonds. The second kappa shape index (κ2) is 12.9. The number of carbonyl (C=O) groups excluding carboxylic acids is 1. The summed E-state index contributed by atoms with van der Waals surface area (Å²) in [7, 11) is 0. The van der Waals surface area contributed by atoms with Crippen LogP contribution in [0.25, 0.3) is 28.1 Å². The third-order valence-corrected chi connectivity index (χ3v) is 6.90. The van der Waals surface area contributed by atoms with Crippen molar-refractivity contribution >= 4 is 38.7 Å². The molecule has 240 valence electrons. The van der Waals surface area contributed by atoms with Crippen LogP contribution in [-0.4, -0.2) is 44.0 Å². The summed E-state index contributed by atoms with van der Waals surface area (Å²) >= 11 is 3.37. The molecule has 0 aliphatic carbocycles. The molecule has 5 rings (SSSR count). The van der Waals surface area contributed by atoms with E-state index in [1.165, 1.54) is 16.7 Å². The first kappa shape index (κ1) is 32.6. The van der Waals surface area contributed by atoms with Gasteiger partial charge in [-0.3, -0.25) is 5.32 Å². The highest BCUT2D eigenvalue weighted by Gasteiger charge is 2.31. The van der Waals surface area contributed by atoms with Gasteiger partial charge in [-0.05, 0) is 54.4 Å². The van der Waals surface area contributed by atoms with E-state index in [4.69, 9.17) is 14.2 Å². The summed E-state index contributed by atoms with van der Waals surface area (Å²) in [4.78, 5) is 24.4. The first-order chi connectivity index (χ1) is 21.7. The quantitative estimate of drug-likeness (QED) is 0.162. The maximum Gasteiger partial charge on any atom is 0.422 e. The van der Waals surface area contributed by atoms with Crippen LogP contribution in [0, 0.1) is 11.6 Å². The van der Waals surface area contributed by atoms with Gasteiger partial charge in [0, 0.05) is 17.8 Å². The maximum absolute atomic E-state index is 15.7. The van der Waals surface area contributed by atoms with E-state index in [0.29, 0.717) is 0 Å². The molecule has 2 aromatic carbocycles. The Morgan fingerprint density at radius 1 is 0.957 bits per heavy atom. The fraction of sp³-hybridized carbons (Fsp3) is 0.226. The van der Waals surface area contributed by atoms with Crippen LogP contribution in [0.2, 0.25) is 0 Å². The Kier molecular flexibility index (Phi) is 9.15. The van der Waals surface area contributed by atoms with Crippen molar-refractivity contribution in [3.63, 3.8) is 0 Å². The summed E-state index contributed by atoms with van der Waals surface area (Å²) in [6.07, 6.45) is -3.41. The molecular weight excluding hydrogens is 681 g/mol. The number of hydrogen-bond acceptors (Lipinski definition) is 7. The summed E-state index contributed by atoms with van der Waals surface area (Å²) in [5.41, 5.74) is -0.465. The fourth-order valence-corrected chi connectivity index (χ4v) is 5.01. The molecule has 0 spiro atoms. The average Bonchev–Trinajstić information content (AvgIpc) is 3.27. The average molecular weight is 706 g/mol. The molecule has 0 aliphatic heterocycles. The van der Waals surface area contributed by atoms with Gasteiger partial charge in [0.25, 0.3) is 0 Å². The van der Waals surface area contributed by atoms with E-state index in [-0.39, 0.29) is 50.6 Å². The SMILES string of the molecule is CC(C)(C)OC(=O)Nc1cnc(-c2c(Br)c3ncnc(OCC(F)(F)F)c3n2-c2ccc(OCc3ccccc3)c(F)c2)c(F)c1. The zero-order valence-electron chi connectivity index (χ0n) is 24.5. The number of alkyl halides is 3. The Morgan fingerprint density at radius 2 is 1.70 bits per heavy atom. The fourth-order valence-electron chi connectivity index (χ4n) is 4.35. The Morgan fingerprint density at radius 3 is 2.35 bits per heavy atom. The van der Waals surface area contributed by atoms with E-state index in [1.807, 2.05) is 18.2 Å². The van der Waals surface area contributed by atoms with Crippen LogP contribution in [0.15, 0.2) is 71.6 Å². The van der Waals surface area contributed by atoms with Gasteiger partial charge in [-0.2, -0.15) is 18.2 Å². The highest BCUT2D eigenvalue weighted by Crippen LogP contribution is 2.42. The van der Waals surface area contributed by atoms with E-state index in [0.717, 1.165) is 30.2 Å². The smallest absolute Gasteiger partial charge is 0.422 e. The van der Waals surface area contributed by atoms with Crippen molar-refractivity contribution in [1.82, 2.24) is 19.5 Å². The molecular formula is C31H25BrF5N5O4. The Labute approximate surface area is 267 Å². The zero-order valence-corrected chi connectivity index (χ0v) is 26.0. The van der Waals surface area contributed by atoms with Gasteiger partial charge in [0.05, 0.1) is 22.1 Å². The lowest BCUT2D eigenvalue weighted by molar-refractivity contribution is -0.153. The van der Waals surface area contributed by atoms with E-state index in [9.17, 15) is 18.0 Å². The van der Waals surface area contributed by atoms with Crippen molar-refractivity contribution in [2.24, 2.45) is 0 Å². The van der Waals surface area contributed by atoms with Crippen LogP contribution in [0.5, 0.6) is 11.6 Å². The number of nitrogens with zero attached hydrogens (tertiary/aromatic N) is 4. The number of carbonyl (C=O) groups is 1. The van der Waals surface area contributed by atoms with Gasteiger partial charge < -0.3 is 18.8 Å². The number of pyridine rings is 1. The van der Waals surface area contributed by atoms with Crippen LogP contribution in [0.4, 0.5) is 32.4 Å². The first-order valence-electron chi connectivity index (χ1n) is 13.6. The minimum Gasteiger partial charge on any atom is -0.486 e. The van der Waals surface area contributed by atoms with Crippen LogP contribution in [-0.2, 0) is 11.3 Å². The van der Waals surface area contributed by atoms with E-state index < -0.39 is 42.0 Å². The minimum absolute atomic E-state index is 0.0316. The van der Waals surface area contributed by atoms with Gasteiger partial charge in [0.15, 0.2) is 24.0 Å². The number of halogens is 6. The Bertz CT molecular complexity index is 1900. The molecule has 0 saturated heterocycles. The van der Waals surface area contributed by atoms with E-state index in [2.05, 4.69) is 36.2 Å². The molecule has 0 aliphatic rings. The van der Waals surface area contributed by atoms with Gasteiger partial charge >= 0.3 is 12.3 Å². The van der Waals surface area contributed by atoms with Crippen LogP contribution < -0.4 is 14.8 Å². The van der Waals surface area contributed by atoms with Crippen molar-refractivity contribution < 1.29 is 41.0 Å². The molecule has 3 aromatic heterocycles. The lowest BCUT2D eigenvalue weighted by Crippen LogP contribution is -2.27. The summed E-state index contributed by atoms with van der Waals surface area (Å²) in [5, 5.41) is 2.39. The Hall–Kier alpha value is -4.79. The Balaban J connectivity index is 1.62. The minimum atomic E-state index is -4.71. The maximum atomic E-state index is 15.7. The van der Waals surface area contributed by atoms with Gasteiger partial charge in [-0.25, -0.2) is 23.5 Å². The highest BCUT2D eigenvalue weighted by molar-refractivity contribution is 9.10. The number of rotatable bonds is 8. The second-order valence-corrected chi connectivity index (χ2v) is 11.6. The molecule has 3 heterocycles. The van der Waals surface area contributed by atoms with Crippen molar-refractivity contribution in [2.75, 3.05) is 11.9 Å². The van der Waals surface area contributed by atoms with Gasteiger partial charge in [-0.15, -0.1) is 0 Å². The van der Waals surface area contributed by atoms with E-state index in [1.54, 1.807) is 32.9 Å². The van der Waals surface area contributed by atoms with Crippen LogP contribution in [0.3, 0.4) is 0 Å². The number of nitrogens with one attached hydrogen (secondary N) is 1. The number of anilines is 1. The number of benzene rings is 2. The predicted octanol–water partition coefficient (Wildman–Crippen LogP) is 8.39. The van der Waals surface area contributed by atoms with Crippen molar-refractivity contribution in [3.8, 4) is 28.7 Å². The monoisotopic (exact) mass is 705 g/mol. The summed E-state index contributed by atoms with van der Waals surface area (Å²) in [6.45, 7) is 3.36. The van der Waals surface area contributed by atoms with Gasteiger partial charge in [0.2, 0.25) is 5.88 Å². The molecule has 0 fully saturated rings. The number of hydrogen-bond donors (Lipinski definition) is 1. The molecule has 1 N–H and O–H groups in total. The predicted molar refractivity (Wildman–Crippen MR) is 162 cm³/mol. The standard InChI is InChI=1S/C31H25BrF5N5O4/c1-30(2,3)46-29(43)41-18-11-21(34)24(38-13-18)26-23(32)25-27(28(40-16-39-25)45-15-31(35,36)37)42(26)19-9-10-22(20(33)12-19)44-14-17-7-5-4-6-8-17/h4-13,16H,14-15H2,1-3H3,(H,41,43). The molecule has 46 heavy (non-hydrogen) atoms. The number of ether oxygens (including phenoxy) is 3. The first-order valence-corrected chi connectivity index (χ1v) is 14.4. The molecule has 0 atom stereocenters. The number of amides is 1. The third-order valence-electron chi connectivity index (χ3n) is 6.15. The van der Waals surface area contributed by atoms with Crippen molar-refractivity contribution in [2.45, 2.75) is 39.2 Å². The van der Waals surface area contributed by atoms with Crippen molar-refractivity contribution in [1.29, 1.82) is 0 Å². The lowest BCUT2D eigenvalue weighted by Gasteiger charge is -2.19. The highest BCUT2D eigenvalue weighted by atomic mass is 79.9. The van der Waals surface area contributed by atoms with E-state index >= 15 is 8.78 Å². The molecule has 15 heteroatoms. The molecule has 0 unspecified atom stereocenters. The second-order valence-electron chi connectivity index (χ2n) is 10.8. The van der Waals surface area contributed by atoms with Crippen LogP contribution >= 0.6 is 15.9 Å². The summed E-state index contributed by atoms with van der Waals surface area (Å²) in [5.74, 6) is -2.34. The van der Waals surface area contributed by atoms with Crippen LogP contribution in [0.1, 0.15) is 26.3 Å². The summed E-state index contributed by atoms with van der Waals surface area (Å²) < 4.78 is 87.7. The topological polar surface area (TPSA) is 100 Å². The molecule has 0 radical (unpaired) electrons. The molecule has 0 saturated carbocycles. The largest absolute Gasteiger partial charge is 0.486 e. The molecule has 5 aromatic rings.